The van der Waals surface area contributed by atoms with Crippen LogP contribution in [-0.4, -0.2) is 11.7 Å². The number of carbonyl (C=O) groups is 2. The summed E-state index contributed by atoms with van der Waals surface area (Å²) in [5.74, 6) is -0.551. The second-order valence-electron chi connectivity index (χ2n) is 8.70. The van der Waals surface area contributed by atoms with Gasteiger partial charge in [-0.2, -0.15) is 0 Å². The van der Waals surface area contributed by atoms with Gasteiger partial charge < -0.3 is 0 Å². The Morgan fingerprint density at radius 1 is 0.767 bits per heavy atom. The van der Waals surface area contributed by atoms with Crippen molar-refractivity contribution in [3.8, 4) is 0 Å². The maximum absolute atomic E-state index is 13.4. The summed E-state index contributed by atoms with van der Waals surface area (Å²) in [6.07, 6.45) is 0.171. The summed E-state index contributed by atoms with van der Waals surface area (Å²) in [6, 6.07) is 26.8. The van der Waals surface area contributed by atoms with Crippen LogP contribution in [0.25, 0.3) is 0 Å². The van der Waals surface area contributed by atoms with Gasteiger partial charge in [-0.1, -0.05) is 88.4 Å². The Labute approximate surface area is 179 Å². The molecule has 0 saturated carbocycles. The molecular formula is C27H29NO2. The lowest BCUT2D eigenvalue weighted by atomic mass is 9.86. The summed E-state index contributed by atoms with van der Waals surface area (Å²) >= 11 is 0. The number of rotatable bonds is 6. The average Bonchev–Trinajstić information content (AvgIpc) is 2.75. The van der Waals surface area contributed by atoms with E-state index in [0.29, 0.717) is 5.56 Å². The molecule has 3 aromatic carbocycles. The molecule has 0 aliphatic rings. The summed E-state index contributed by atoms with van der Waals surface area (Å²) < 4.78 is 0. The highest BCUT2D eigenvalue weighted by Gasteiger charge is 2.26. The Hall–Kier alpha value is -3.20. The fraction of sp³-hybridized carbons (Fsp3) is 0.259. The van der Waals surface area contributed by atoms with Crippen LogP contribution < -0.4 is 4.90 Å². The molecule has 1 unspecified atom stereocenters. The molecule has 3 aromatic rings. The minimum Gasteiger partial charge on any atom is -0.294 e. The molecule has 3 nitrogen and oxygen atoms in total. The Balaban J connectivity index is 1.79. The van der Waals surface area contributed by atoms with Crippen LogP contribution in [-0.2, 0) is 10.2 Å². The van der Waals surface area contributed by atoms with Gasteiger partial charge in [0, 0.05) is 29.3 Å². The third kappa shape index (κ3) is 5.04. The van der Waals surface area contributed by atoms with Crippen LogP contribution in [0.15, 0.2) is 84.9 Å². The number of para-hydroxylation sites is 2. The molecule has 0 heterocycles. The first-order valence-electron chi connectivity index (χ1n) is 10.3. The van der Waals surface area contributed by atoms with Crippen molar-refractivity contribution in [2.24, 2.45) is 5.92 Å². The predicted octanol–water partition coefficient (Wildman–Crippen LogP) is 6.56. The Morgan fingerprint density at radius 2 is 1.23 bits per heavy atom. The van der Waals surface area contributed by atoms with Gasteiger partial charge in [-0.3, -0.25) is 14.5 Å². The second-order valence-corrected chi connectivity index (χ2v) is 8.70. The van der Waals surface area contributed by atoms with Crippen LogP contribution in [0.2, 0.25) is 0 Å². The molecule has 1 amide bonds. The Morgan fingerprint density at radius 3 is 1.67 bits per heavy atom. The number of carbonyl (C=O) groups excluding carboxylic acids is 2. The standard InChI is InChI=1S/C27H29NO2/c1-20(19-25(29)21-15-17-22(18-16-21)27(2,3)4)26(30)28(23-11-7-5-8-12-23)24-13-9-6-10-14-24/h5-18,20H,19H2,1-4H3. The number of benzene rings is 3. The molecule has 0 N–H and O–H groups in total. The normalized spacial score (nSPS) is 12.3. The van der Waals surface area contributed by atoms with E-state index in [1.54, 1.807) is 4.90 Å². The number of Topliss-reactive ketones (excluding diaryl/α,β-unsaturated/α-hetero) is 1. The lowest BCUT2D eigenvalue weighted by molar-refractivity contribution is -0.121. The van der Waals surface area contributed by atoms with Crippen LogP contribution in [0.5, 0.6) is 0 Å². The number of amides is 1. The Bertz CT molecular complexity index is 947. The van der Waals surface area contributed by atoms with Gasteiger partial charge >= 0.3 is 0 Å². The quantitative estimate of drug-likeness (QED) is 0.440. The SMILES string of the molecule is CC(CC(=O)c1ccc(C(C)(C)C)cc1)C(=O)N(c1ccccc1)c1ccccc1. The topological polar surface area (TPSA) is 37.4 Å². The minimum absolute atomic E-state index is 0.0163. The number of hydrogen-bond acceptors (Lipinski definition) is 2. The van der Waals surface area contributed by atoms with E-state index in [4.69, 9.17) is 0 Å². The third-order valence-electron chi connectivity index (χ3n) is 5.24. The first-order valence-corrected chi connectivity index (χ1v) is 10.3. The zero-order valence-corrected chi connectivity index (χ0v) is 18.1. The summed E-state index contributed by atoms with van der Waals surface area (Å²) in [5.41, 5.74) is 3.46. The van der Waals surface area contributed by atoms with Crippen molar-refractivity contribution in [3.63, 3.8) is 0 Å². The smallest absolute Gasteiger partial charge is 0.234 e. The van der Waals surface area contributed by atoms with Gasteiger partial charge in [0.15, 0.2) is 5.78 Å². The maximum atomic E-state index is 13.4. The number of ketones is 1. The first kappa shape index (κ1) is 21.5. The lowest BCUT2D eigenvalue weighted by Crippen LogP contribution is -2.32. The van der Waals surface area contributed by atoms with Gasteiger partial charge in [0.2, 0.25) is 5.91 Å². The van der Waals surface area contributed by atoms with Gasteiger partial charge in [0.25, 0.3) is 0 Å². The second kappa shape index (κ2) is 9.08. The highest BCUT2D eigenvalue weighted by molar-refractivity contribution is 6.05. The zero-order valence-electron chi connectivity index (χ0n) is 18.1. The molecule has 0 radical (unpaired) electrons. The molecule has 0 aromatic heterocycles. The monoisotopic (exact) mass is 399 g/mol. The molecular weight excluding hydrogens is 370 g/mol. The van der Waals surface area contributed by atoms with Gasteiger partial charge in [-0.05, 0) is 35.2 Å². The number of nitrogens with zero attached hydrogens (tertiary/aromatic N) is 1. The number of anilines is 2. The predicted molar refractivity (Wildman–Crippen MR) is 123 cm³/mol. The van der Waals surface area contributed by atoms with Crippen molar-refractivity contribution in [2.75, 3.05) is 4.90 Å². The summed E-state index contributed by atoms with van der Waals surface area (Å²) in [7, 11) is 0. The van der Waals surface area contributed by atoms with Crippen molar-refractivity contribution >= 4 is 23.1 Å². The van der Waals surface area contributed by atoms with E-state index in [2.05, 4.69) is 20.8 Å². The lowest BCUT2D eigenvalue weighted by Gasteiger charge is -2.26. The molecule has 0 aliphatic heterocycles. The van der Waals surface area contributed by atoms with Gasteiger partial charge in [-0.15, -0.1) is 0 Å². The zero-order chi connectivity index (χ0) is 21.7. The van der Waals surface area contributed by atoms with E-state index in [9.17, 15) is 9.59 Å². The molecule has 0 bridgehead atoms. The Kier molecular flexibility index (Phi) is 6.51. The molecule has 0 aliphatic carbocycles. The van der Waals surface area contributed by atoms with E-state index in [-0.39, 0.29) is 23.5 Å². The van der Waals surface area contributed by atoms with Crippen molar-refractivity contribution in [2.45, 2.75) is 39.5 Å². The first-order chi connectivity index (χ1) is 14.3. The van der Waals surface area contributed by atoms with Gasteiger partial charge in [0.05, 0.1) is 0 Å². The van der Waals surface area contributed by atoms with Crippen LogP contribution in [0.3, 0.4) is 0 Å². The highest BCUT2D eigenvalue weighted by Crippen LogP contribution is 2.28. The third-order valence-corrected chi connectivity index (χ3v) is 5.24. The van der Waals surface area contributed by atoms with E-state index < -0.39 is 5.92 Å². The average molecular weight is 400 g/mol. The van der Waals surface area contributed by atoms with Crippen LogP contribution in [0.4, 0.5) is 11.4 Å². The van der Waals surface area contributed by atoms with Crippen LogP contribution >= 0.6 is 0 Å². The molecule has 30 heavy (non-hydrogen) atoms. The summed E-state index contributed by atoms with van der Waals surface area (Å²) in [6.45, 7) is 8.26. The van der Waals surface area contributed by atoms with E-state index >= 15 is 0 Å². The molecule has 3 heteroatoms. The van der Waals surface area contributed by atoms with Crippen molar-refractivity contribution in [3.05, 3.63) is 96.1 Å². The van der Waals surface area contributed by atoms with E-state index in [1.807, 2.05) is 91.9 Å². The molecule has 1 atom stereocenters. The largest absolute Gasteiger partial charge is 0.294 e. The van der Waals surface area contributed by atoms with Crippen molar-refractivity contribution < 1.29 is 9.59 Å². The maximum Gasteiger partial charge on any atom is 0.234 e. The molecule has 0 fully saturated rings. The van der Waals surface area contributed by atoms with E-state index in [1.165, 1.54) is 5.56 Å². The van der Waals surface area contributed by atoms with Crippen LogP contribution in [0.1, 0.15) is 50.0 Å². The molecule has 154 valence electrons. The van der Waals surface area contributed by atoms with Crippen LogP contribution in [0, 0.1) is 5.92 Å². The number of hydrogen-bond donors (Lipinski definition) is 0. The van der Waals surface area contributed by atoms with Gasteiger partial charge in [0.1, 0.15) is 0 Å². The fourth-order valence-electron chi connectivity index (χ4n) is 3.42. The molecule has 3 rings (SSSR count). The minimum atomic E-state index is -0.444. The summed E-state index contributed by atoms with van der Waals surface area (Å²) in [5, 5.41) is 0. The van der Waals surface area contributed by atoms with E-state index in [0.717, 1.165) is 11.4 Å². The fourth-order valence-corrected chi connectivity index (χ4v) is 3.42. The summed E-state index contributed by atoms with van der Waals surface area (Å²) in [4.78, 5) is 27.9. The highest BCUT2D eigenvalue weighted by atomic mass is 16.2. The molecule has 0 saturated heterocycles. The van der Waals surface area contributed by atoms with Crippen molar-refractivity contribution in [1.82, 2.24) is 0 Å². The van der Waals surface area contributed by atoms with Crippen molar-refractivity contribution in [1.29, 1.82) is 0 Å². The van der Waals surface area contributed by atoms with Gasteiger partial charge in [-0.25, -0.2) is 0 Å². The molecule has 0 spiro atoms.